The minimum absolute atomic E-state index is 0.000762. The van der Waals surface area contributed by atoms with Crippen LogP contribution in [-0.4, -0.2) is 50.6 Å². The number of ether oxygens (including phenoxy) is 1. The van der Waals surface area contributed by atoms with Gasteiger partial charge in [-0.15, -0.1) is 5.10 Å². The van der Waals surface area contributed by atoms with Gasteiger partial charge in [-0.1, -0.05) is 35.5 Å². The van der Waals surface area contributed by atoms with Crippen LogP contribution >= 0.6 is 0 Å². The number of hydrogen-bond acceptors (Lipinski definition) is 6. The van der Waals surface area contributed by atoms with Crippen molar-refractivity contribution < 1.29 is 19.4 Å². The zero-order valence-electron chi connectivity index (χ0n) is 14.5. The van der Waals surface area contributed by atoms with Crippen LogP contribution in [0.5, 0.6) is 5.75 Å². The lowest BCUT2D eigenvalue weighted by Crippen LogP contribution is -2.30. The molecule has 0 saturated heterocycles. The summed E-state index contributed by atoms with van der Waals surface area (Å²) < 4.78 is 6.91. The summed E-state index contributed by atoms with van der Waals surface area (Å²) >= 11 is 0. The summed E-state index contributed by atoms with van der Waals surface area (Å²) in [6, 6.07) is 11.5. The normalized spacial score (nSPS) is 10.4. The molecule has 0 saturated carbocycles. The smallest absolute Gasteiger partial charge is 0.322 e. The number of methoxy groups -OCH3 is 1. The molecule has 27 heavy (non-hydrogen) atoms. The average Bonchev–Trinajstić information content (AvgIpc) is 3.14. The Morgan fingerprint density at radius 3 is 2.74 bits per heavy atom. The number of nitrogens with zero attached hydrogens (tertiary/aromatic N) is 4. The van der Waals surface area contributed by atoms with Gasteiger partial charge in [0.15, 0.2) is 11.4 Å². The van der Waals surface area contributed by atoms with E-state index in [2.05, 4.69) is 20.6 Å². The monoisotopic (exact) mass is 367 g/mol. The summed E-state index contributed by atoms with van der Waals surface area (Å²) in [6.45, 7) is 0.0767. The molecular weight excluding hydrogens is 350 g/mol. The second-order valence-electron chi connectivity index (χ2n) is 5.64. The van der Waals surface area contributed by atoms with E-state index < -0.39 is 18.4 Å². The number of carboxylic acid groups (broad SMARTS) is 1. The van der Waals surface area contributed by atoms with E-state index >= 15 is 0 Å². The first-order valence-corrected chi connectivity index (χ1v) is 8.05. The SMILES string of the molecule is COc1cc(-c2cn(Cc3ccccc3)nn2)cnc1C(=O)NCC(=O)O. The molecule has 0 aliphatic heterocycles. The maximum Gasteiger partial charge on any atom is 0.322 e. The Morgan fingerprint density at radius 1 is 1.26 bits per heavy atom. The molecule has 3 aromatic rings. The molecule has 2 aromatic heterocycles. The van der Waals surface area contributed by atoms with Crippen LogP contribution in [-0.2, 0) is 11.3 Å². The van der Waals surface area contributed by atoms with Crippen LogP contribution in [0.25, 0.3) is 11.3 Å². The van der Waals surface area contributed by atoms with E-state index in [-0.39, 0.29) is 11.4 Å². The number of rotatable bonds is 7. The van der Waals surface area contributed by atoms with Gasteiger partial charge in [0, 0.05) is 11.8 Å². The zero-order valence-corrected chi connectivity index (χ0v) is 14.5. The first kappa shape index (κ1) is 18.1. The Morgan fingerprint density at radius 2 is 2.04 bits per heavy atom. The molecule has 0 spiro atoms. The Bertz CT molecular complexity index is 955. The van der Waals surface area contributed by atoms with Gasteiger partial charge >= 0.3 is 5.97 Å². The molecule has 2 heterocycles. The number of carbonyl (C=O) groups is 2. The fourth-order valence-corrected chi connectivity index (χ4v) is 2.43. The first-order valence-electron chi connectivity index (χ1n) is 8.05. The van der Waals surface area contributed by atoms with Gasteiger partial charge in [0.25, 0.3) is 5.91 Å². The molecule has 1 amide bonds. The quantitative estimate of drug-likeness (QED) is 0.644. The summed E-state index contributed by atoms with van der Waals surface area (Å²) in [6.07, 6.45) is 3.24. The van der Waals surface area contributed by atoms with Crippen LogP contribution in [0, 0.1) is 0 Å². The van der Waals surface area contributed by atoms with Crippen LogP contribution in [0.2, 0.25) is 0 Å². The van der Waals surface area contributed by atoms with Crippen molar-refractivity contribution in [2.24, 2.45) is 0 Å². The highest BCUT2D eigenvalue weighted by Gasteiger charge is 2.17. The van der Waals surface area contributed by atoms with Crippen molar-refractivity contribution in [3.05, 3.63) is 60.0 Å². The predicted molar refractivity (Wildman–Crippen MR) is 95.3 cm³/mol. The van der Waals surface area contributed by atoms with Gasteiger partial charge in [-0.05, 0) is 11.6 Å². The molecule has 2 N–H and O–H groups in total. The molecule has 0 unspecified atom stereocenters. The highest BCUT2D eigenvalue weighted by atomic mass is 16.5. The Hall–Kier alpha value is -3.75. The minimum atomic E-state index is -1.14. The van der Waals surface area contributed by atoms with E-state index in [4.69, 9.17) is 9.84 Å². The number of nitrogens with one attached hydrogen (secondary N) is 1. The van der Waals surface area contributed by atoms with E-state index in [1.54, 1.807) is 16.9 Å². The summed E-state index contributed by atoms with van der Waals surface area (Å²) in [4.78, 5) is 26.7. The number of aliphatic carboxylic acids is 1. The molecule has 9 heteroatoms. The lowest BCUT2D eigenvalue weighted by atomic mass is 10.2. The van der Waals surface area contributed by atoms with Crippen molar-refractivity contribution in [3.63, 3.8) is 0 Å². The second kappa shape index (κ2) is 8.09. The number of aromatic nitrogens is 4. The molecule has 0 atom stereocenters. The van der Waals surface area contributed by atoms with Crippen molar-refractivity contribution in [2.45, 2.75) is 6.54 Å². The maximum atomic E-state index is 12.0. The third kappa shape index (κ3) is 4.46. The molecule has 0 fully saturated rings. The highest BCUT2D eigenvalue weighted by molar-refractivity contribution is 5.96. The van der Waals surface area contributed by atoms with Crippen LogP contribution in [0.15, 0.2) is 48.8 Å². The number of pyridine rings is 1. The number of hydrogen-bond donors (Lipinski definition) is 2. The average molecular weight is 367 g/mol. The largest absolute Gasteiger partial charge is 0.494 e. The van der Waals surface area contributed by atoms with Gasteiger partial charge in [-0.3, -0.25) is 9.59 Å². The summed E-state index contributed by atoms with van der Waals surface area (Å²) in [7, 11) is 1.40. The van der Waals surface area contributed by atoms with E-state index in [1.807, 2.05) is 30.3 Å². The zero-order chi connectivity index (χ0) is 19.2. The van der Waals surface area contributed by atoms with Crippen LogP contribution in [0.4, 0.5) is 0 Å². The van der Waals surface area contributed by atoms with Gasteiger partial charge < -0.3 is 15.2 Å². The molecule has 1 aromatic carbocycles. The van der Waals surface area contributed by atoms with E-state index in [9.17, 15) is 9.59 Å². The Kier molecular flexibility index (Phi) is 5.41. The van der Waals surface area contributed by atoms with Crippen molar-refractivity contribution in [1.29, 1.82) is 0 Å². The van der Waals surface area contributed by atoms with E-state index in [0.29, 0.717) is 17.8 Å². The topological polar surface area (TPSA) is 119 Å². The fraction of sp³-hybridized carbons (Fsp3) is 0.167. The van der Waals surface area contributed by atoms with Crippen LogP contribution in [0.3, 0.4) is 0 Å². The lowest BCUT2D eigenvalue weighted by molar-refractivity contribution is -0.135. The number of carboxylic acids is 1. The summed E-state index contributed by atoms with van der Waals surface area (Å²) in [5, 5.41) is 19.1. The van der Waals surface area contributed by atoms with E-state index in [0.717, 1.165) is 5.56 Å². The van der Waals surface area contributed by atoms with Crippen molar-refractivity contribution >= 4 is 11.9 Å². The molecule has 0 radical (unpaired) electrons. The van der Waals surface area contributed by atoms with Crippen molar-refractivity contribution in [2.75, 3.05) is 13.7 Å². The van der Waals surface area contributed by atoms with Gasteiger partial charge in [0.1, 0.15) is 12.2 Å². The Labute approximate surface area is 154 Å². The predicted octanol–water partition coefficient (Wildman–Crippen LogP) is 1.21. The van der Waals surface area contributed by atoms with Gasteiger partial charge in [-0.2, -0.15) is 0 Å². The fourth-order valence-electron chi connectivity index (χ4n) is 2.43. The summed E-state index contributed by atoms with van der Waals surface area (Å²) in [5.41, 5.74) is 2.30. The van der Waals surface area contributed by atoms with Crippen molar-refractivity contribution in [3.8, 4) is 17.0 Å². The van der Waals surface area contributed by atoms with Crippen LogP contribution in [0.1, 0.15) is 16.1 Å². The lowest BCUT2D eigenvalue weighted by Gasteiger charge is -2.08. The van der Waals surface area contributed by atoms with Gasteiger partial charge in [0.05, 0.1) is 19.9 Å². The van der Waals surface area contributed by atoms with Crippen molar-refractivity contribution in [1.82, 2.24) is 25.3 Å². The second-order valence-corrected chi connectivity index (χ2v) is 5.64. The number of amides is 1. The number of benzene rings is 1. The highest BCUT2D eigenvalue weighted by Crippen LogP contribution is 2.24. The third-order valence-electron chi connectivity index (χ3n) is 3.71. The van der Waals surface area contributed by atoms with E-state index in [1.165, 1.54) is 13.3 Å². The molecule has 9 nitrogen and oxygen atoms in total. The maximum absolute atomic E-state index is 12.0. The number of carbonyl (C=O) groups excluding carboxylic acids is 1. The molecular formula is C18H17N5O4. The van der Waals surface area contributed by atoms with Gasteiger partial charge in [0.2, 0.25) is 0 Å². The van der Waals surface area contributed by atoms with Crippen LogP contribution < -0.4 is 10.1 Å². The molecule has 0 aliphatic rings. The molecule has 0 aliphatic carbocycles. The van der Waals surface area contributed by atoms with Gasteiger partial charge in [-0.25, -0.2) is 9.67 Å². The minimum Gasteiger partial charge on any atom is -0.494 e. The molecule has 0 bridgehead atoms. The summed E-state index contributed by atoms with van der Waals surface area (Å²) in [5.74, 6) is -1.56. The Balaban J connectivity index is 1.79. The molecule has 3 rings (SSSR count). The third-order valence-corrected chi connectivity index (χ3v) is 3.71. The first-order chi connectivity index (χ1) is 13.1. The molecule has 138 valence electrons. The standard InChI is InChI=1S/C18H17N5O4/c1-27-15-7-13(8-19-17(15)18(26)20-9-16(24)25)14-11-23(22-21-14)10-12-5-3-2-4-6-12/h2-8,11H,9-10H2,1H3,(H,20,26)(H,24,25).